The molecule has 0 radical (unpaired) electrons. The van der Waals surface area contributed by atoms with Crippen molar-refractivity contribution >= 4 is 11.8 Å². The summed E-state index contributed by atoms with van der Waals surface area (Å²) in [7, 11) is 0. The number of rotatable bonds is 4. The first kappa shape index (κ1) is 10.5. The SMILES string of the molecule is NCC1CCCC1Sc1nnnn1C1CC1. The summed E-state index contributed by atoms with van der Waals surface area (Å²) in [6.45, 7) is 0.794. The summed E-state index contributed by atoms with van der Waals surface area (Å²) >= 11 is 1.83. The van der Waals surface area contributed by atoms with E-state index in [1.165, 1.54) is 32.1 Å². The molecule has 0 amide bonds. The summed E-state index contributed by atoms with van der Waals surface area (Å²) in [5.74, 6) is 0.648. The molecular weight excluding hydrogens is 222 g/mol. The van der Waals surface area contributed by atoms with Crippen LogP contribution in [0.5, 0.6) is 0 Å². The lowest BCUT2D eigenvalue weighted by Crippen LogP contribution is -2.20. The lowest BCUT2D eigenvalue weighted by Gasteiger charge is -2.16. The van der Waals surface area contributed by atoms with E-state index >= 15 is 0 Å². The molecule has 0 spiro atoms. The second-order valence-electron chi connectivity index (χ2n) is 4.72. The summed E-state index contributed by atoms with van der Waals surface area (Å²) in [4.78, 5) is 0. The van der Waals surface area contributed by atoms with Crippen molar-refractivity contribution in [1.82, 2.24) is 20.2 Å². The Morgan fingerprint density at radius 2 is 2.19 bits per heavy atom. The molecule has 2 aliphatic carbocycles. The standard InChI is InChI=1S/C10H17N5S/c11-6-7-2-1-3-9(7)16-10-12-13-14-15(10)8-4-5-8/h7-9H,1-6,11H2. The van der Waals surface area contributed by atoms with Gasteiger partial charge in [0.1, 0.15) is 0 Å². The highest BCUT2D eigenvalue weighted by molar-refractivity contribution is 7.99. The Morgan fingerprint density at radius 1 is 1.31 bits per heavy atom. The molecule has 6 heteroatoms. The molecule has 2 atom stereocenters. The van der Waals surface area contributed by atoms with E-state index in [9.17, 15) is 0 Å². The number of nitrogens with two attached hydrogens (primary N) is 1. The van der Waals surface area contributed by atoms with Gasteiger partial charge < -0.3 is 5.73 Å². The summed E-state index contributed by atoms with van der Waals surface area (Å²) in [5.41, 5.74) is 5.79. The van der Waals surface area contributed by atoms with Crippen molar-refractivity contribution in [3.63, 3.8) is 0 Å². The number of hydrogen-bond donors (Lipinski definition) is 1. The van der Waals surface area contributed by atoms with Crippen LogP contribution in [0.2, 0.25) is 0 Å². The minimum absolute atomic E-state index is 0.565. The van der Waals surface area contributed by atoms with E-state index in [0.717, 1.165) is 11.7 Å². The van der Waals surface area contributed by atoms with Gasteiger partial charge in [-0.2, -0.15) is 0 Å². The number of nitrogens with zero attached hydrogens (tertiary/aromatic N) is 4. The molecule has 0 aromatic carbocycles. The van der Waals surface area contributed by atoms with Crippen molar-refractivity contribution in [2.24, 2.45) is 11.7 Å². The van der Waals surface area contributed by atoms with Crippen LogP contribution in [0.15, 0.2) is 5.16 Å². The molecule has 0 aliphatic heterocycles. The quantitative estimate of drug-likeness (QED) is 0.855. The molecule has 0 bridgehead atoms. The van der Waals surface area contributed by atoms with Gasteiger partial charge in [0.15, 0.2) is 0 Å². The van der Waals surface area contributed by atoms with Crippen molar-refractivity contribution in [3.05, 3.63) is 0 Å². The van der Waals surface area contributed by atoms with Gasteiger partial charge in [-0.15, -0.1) is 5.10 Å². The van der Waals surface area contributed by atoms with Gasteiger partial charge in [-0.05, 0) is 48.6 Å². The molecule has 2 aliphatic rings. The Labute approximate surface area is 99.2 Å². The molecule has 1 aromatic heterocycles. The molecule has 88 valence electrons. The molecule has 0 saturated heterocycles. The van der Waals surface area contributed by atoms with Crippen LogP contribution >= 0.6 is 11.8 Å². The lowest BCUT2D eigenvalue weighted by atomic mass is 10.1. The fraction of sp³-hybridized carbons (Fsp3) is 0.900. The Morgan fingerprint density at radius 3 is 2.94 bits per heavy atom. The van der Waals surface area contributed by atoms with Gasteiger partial charge in [0.05, 0.1) is 6.04 Å². The first-order chi connectivity index (χ1) is 7.88. The van der Waals surface area contributed by atoms with Crippen molar-refractivity contribution in [2.75, 3.05) is 6.54 Å². The number of thioether (sulfide) groups is 1. The van der Waals surface area contributed by atoms with Crippen molar-refractivity contribution in [1.29, 1.82) is 0 Å². The minimum Gasteiger partial charge on any atom is -0.330 e. The van der Waals surface area contributed by atoms with E-state index in [1.54, 1.807) is 0 Å². The summed E-state index contributed by atoms with van der Waals surface area (Å²) < 4.78 is 2.00. The third-order valence-corrected chi connectivity index (χ3v) is 4.91. The largest absolute Gasteiger partial charge is 0.330 e. The predicted molar refractivity (Wildman–Crippen MR) is 62.1 cm³/mol. The topological polar surface area (TPSA) is 69.6 Å². The number of aromatic nitrogens is 4. The van der Waals surface area contributed by atoms with Crippen molar-refractivity contribution in [2.45, 2.75) is 48.6 Å². The molecule has 2 fully saturated rings. The predicted octanol–water partition coefficient (Wildman–Crippen LogP) is 1.23. The molecule has 2 unspecified atom stereocenters. The molecule has 5 nitrogen and oxygen atoms in total. The smallest absolute Gasteiger partial charge is 0.209 e. The average molecular weight is 239 g/mol. The van der Waals surface area contributed by atoms with Crippen LogP contribution < -0.4 is 5.73 Å². The van der Waals surface area contributed by atoms with Crippen LogP contribution in [0.25, 0.3) is 0 Å². The van der Waals surface area contributed by atoms with E-state index in [4.69, 9.17) is 5.73 Å². The van der Waals surface area contributed by atoms with Gasteiger partial charge >= 0.3 is 0 Å². The highest BCUT2D eigenvalue weighted by Crippen LogP contribution is 2.41. The fourth-order valence-corrected chi connectivity index (χ4v) is 3.75. The maximum absolute atomic E-state index is 5.79. The van der Waals surface area contributed by atoms with Crippen LogP contribution in [-0.4, -0.2) is 32.0 Å². The Kier molecular flexibility index (Phi) is 2.85. The zero-order chi connectivity index (χ0) is 11.0. The van der Waals surface area contributed by atoms with Gasteiger partial charge in [-0.25, -0.2) is 4.68 Å². The molecule has 1 heterocycles. The van der Waals surface area contributed by atoms with E-state index in [2.05, 4.69) is 15.5 Å². The van der Waals surface area contributed by atoms with Crippen LogP contribution in [0, 0.1) is 5.92 Å². The Balaban J connectivity index is 1.70. The lowest BCUT2D eigenvalue weighted by molar-refractivity contribution is 0.553. The third kappa shape index (κ3) is 1.96. The summed E-state index contributed by atoms with van der Waals surface area (Å²) in [6, 6.07) is 0.565. The van der Waals surface area contributed by atoms with Gasteiger partial charge in [0.2, 0.25) is 5.16 Å². The molecule has 2 N–H and O–H groups in total. The summed E-state index contributed by atoms with van der Waals surface area (Å²) in [5, 5.41) is 13.6. The molecule has 16 heavy (non-hydrogen) atoms. The second kappa shape index (κ2) is 4.33. The molecule has 1 aromatic rings. The van der Waals surface area contributed by atoms with Crippen LogP contribution in [-0.2, 0) is 0 Å². The minimum atomic E-state index is 0.565. The molecule has 2 saturated carbocycles. The van der Waals surface area contributed by atoms with E-state index in [0.29, 0.717) is 17.2 Å². The normalized spacial score (nSPS) is 29.8. The van der Waals surface area contributed by atoms with Crippen LogP contribution in [0.3, 0.4) is 0 Å². The van der Waals surface area contributed by atoms with Gasteiger partial charge in [0.25, 0.3) is 0 Å². The Bertz CT molecular complexity index is 362. The van der Waals surface area contributed by atoms with Crippen LogP contribution in [0.1, 0.15) is 38.1 Å². The number of hydrogen-bond acceptors (Lipinski definition) is 5. The highest BCUT2D eigenvalue weighted by atomic mass is 32.2. The van der Waals surface area contributed by atoms with E-state index in [1.807, 2.05) is 16.4 Å². The maximum Gasteiger partial charge on any atom is 0.209 e. The Hall–Kier alpha value is -0.620. The first-order valence-corrected chi connectivity index (χ1v) is 6.91. The highest BCUT2D eigenvalue weighted by Gasteiger charge is 2.32. The monoisotopic (exact) mass is 239 g/mol. The summed E-state index contributed by atoms with van der Waals surface area (Å²) in [6.07, 6.45) is 6.26. The zero-order valence-corrected chi connectivity index (χ0v) is 10.1. The van der Waals surface area contributed by atoms with Gasteiger partial charge in [-0.1, -0.05) is 18.2 Å². The molecular formula is C10H17N5S. The molecule has 3 rings (SSSR count). The number of tetrazole rings is 1. The van der Waals surface area contributed by atoms with Gasteiger partial charge in [-0.3, -0.25) is 0 Å². The van der Waals surface area contributed by atoms with Gasteiger partial charge in [0, 0.05) is 5.25 Å². The van der Waals surface area contributed by atoms with Crippen LogP contribution in [0.4, 0.5) is 0 Å². The first-order valence-electron chi connectivity index (χ1n) is 6.03. The fourth-order valence-electron chi connectivity index (χ4n) is 2.37. The maximum atomic E-state index is 5.79. The third-order valence-electron chi connectivity index (χ3n) is 3.50. The van der Waals surface area contributed by atoms with Crippen molar-refractivity contribution < 1.29 is 0 Å². The second-order valence-corrected chi connectivity index (χ2v) is 5.93. The average Bonchev–Trinajstić information content (AvgIpc) is 2.88. The van der Waals surface area contributed by atoms with Crippen molar-refractivity contribution in [3.8, 4) is 0 Å². The van der Waals surface area contributed by atoms with E-state index < -0.39 is 0 Å². The zero-order valence-electron chi connectivity index (χ0n) is 9.25. The van der Waals surface area contributed by atoms with E-state index in [-0.39, 0.29) is 0 Å².